The summed E-state index contributed by atoms with van der Waals surface area (Å²) in [6, 6.07) is 3.04. The molecule has 0 aliphatic carbocycles. The third-order valence-electron chi connectivity index (χ3n) is 2.63. The number of H-pyrrole nitrogens is 1. The van der Waals surface area contributed by atoms with Crippen molar-refractivity contribution in [2.24, 2.45) is 5.73 Å². The minimum Gasteiger partial charge on any atom is -0.322 e. The summed E-state index contributed by atoms with van der Waals surface area (Å²) < 4.78 is 0.993. The van der Waals surface area contributed by atoms with Gasteiger partial charge in [-0.25, -0.2) is 4.79 Å². The summed E-state index contributed by atoms with van der Waals surface area (Å²) in [5.74, 6) is 0. The van der Waals surface area contributed by atoms with E-state index in [0.29, 0.717) is 21.3 Å². The fourth-order valence-corrected chi connectivity index (χ4v) is 2.80. The van der Waals surface area contributed by atoms with Gasteiger partial charge in [0.1, 0.15) is 6.20 Å². The SMILES string of the molecule is CC(C)(N)c1c(Cl)cc(-n2ncc(=O)[nH]c2=O)cc1Cl. The monoisotopic (exact) mass is 314 g/mol. The van der Waals surface area contributed by atoms with E-state index in [1.165, 1.54) is 12.1 Å². The minimum atomic E-state index is -0.726. The first kappa shape index (κ1) is 14.8. The molecular formula is C12H12Cl2N4O2. The molecule has 8 heteroatoms. The van der Waals surface area contributed by atoms with Crippen LogP contribution in [0.4, 0.5) is 0 Å². The molecule has 0 aliphatic rings. The molecular weight excluding hydrogens is 303 g/mol. The van der Waals surface area contributed by atoms with Gasteiger partial charge in [-0.05, 0) is 26.0 Å². The van der Waals surface area contributed by atoms with Crippen molar-refractivity contribution in [3.05, 3.63) is 54.8 Å². The summed E-state index contributed by atoms with van der Waals surface area (Å²) in [7, 11) is 0. The van der Waals surface area contributed by atoms with Crippen molar-refractivity contribution in [3.8, 4) is 5.69 Å². The van der Waals surface area contributed by atoms with E-state index in [-0.39, 0.29) is 0 Å². The highest BCUT2D eigenvalue weighted by atomic mass is 35.5. The first-order chi connectivity index (χ1) is 9.20. The van der Waals surface area contributed by atoms with Crippen LogP contribution in [0.2, 0.25) is 10.0 Å². The number of benzene rings is 1. The highest BCUT2D eigenvalue weighted by Crippen LogP contribution is 2.34. The van der Waals surface area contributed by atoms with Gasteiger partial charge in [0.25, 0.3) is 5.56 Å². The third-order valence-corrected chi connectivity index (χ3v) is 3.22. The van der Waals surface area contributed by atoms with Gasteiger partial charge < -0.3 is 5.73 Å². The third kappa shape index (κ3) is 2.77. The number of hydrogen-bond donors (Lipinski definition) is 2. The van der Waals surface area contributed by atoms with Gasteiger partial charge in [0.05, 0.1) is 5.69 Å². The lowest BCUT2D eigenvalue weighted by atomic mass is 9.95. The molecule has 6 nitrogen and oxygen atoms in total. The maximum absolute atomic E-state index is 11.7. The number of aromatic amines is 1. The Kier molecular flexibility index (Phi) is 3.73. The second-order valence-corrected chi connectivity index (χ2v) is 5.67. The number of nitrogens with two attached hydrogens (primary N) is 1. The van der Waals surface area contributed by atoms with Crippen LogP contribution in [0.5, 0.6) is 0 Å². The summed E-state index contributed by atoms with van der Waals surface area (Å²) in [6.07, 6.45) is 0.990. The van der Waals surface area contributed by atoms with E-state index in [1.807, 2.05) is 0 Å². The molecule has 0 unspecified atom stereocenters. The summed E-state index contributed by atoms with van der Waals surface area (Å²) in [4.78, 5) is 24.8. The van der Waals surface area contributed by atoms with Crippen LogP contribution in [0.15, 0.2) is 27.9 Å². The molecule has 0 saturated heterocycles. The topological polar surface area (TPSA) is 93.8 Å². The predicted molar refractivity (Wildman–Crippen MR) is 77.7 cm³/mol. The van der Waals surface area contributed by atoms with Gasteiger partial charge in [-0.15, -0.1) is 0 Å². The molecule has 106 valence electrons. The maximum Gasteiger partial charge on any atom is 0.349 e. The van der Waals surface area contributed by atoms with E-state index in [9.17, 15) is 9.59 Å². The van der Waals surface area contributed by atoms with Crippen molar-refractivity contribution in [1.29, 1.82) is 0 Å². The molecule has 0 aliphatic heterocycles. The average Bonchev–Trinajstić information content (AvgIpc) is 2.25. The van der Waals surface area contributed by atoms with Crippen LogP contribution in [0, 0.1) is 0 Å². The number of aromatic nitrogens is 3. The zero-order valence-corrected chi connectivity index (χ0v) is 12.3. The average molecular weight is 315 g/mol. The molecule has 0 atom stereocenters. The van der Waals surface area contributed by atoms with Crippen LogP contribution >= 0.6 is 23.2 Å². The predicted octanol–water partition coefficient (Wildman–Crippen LogP) is 1.42. The Morgan fingerprint density at radius 3 is 2.25 bits per heavy atom. The lowest BCUT2D eigenvalue weighted by molar-refractivity contribution is 0.554. The van der Waals surface area contributed by atoms with Gasteiger partial charge in [0.2, 0.25) is 0 Å². The quantitative estimate of drug-likeness (QED) is 0.876. The second kappa shape index (κ2) is 5.05. The highest BCUT2D eigenvalue weighted by molar-refractivity contribution is 6.36. The molecule has 0 spiro atoms. The second-order valence-electron chi connectivity index (χ2n) is 4.86. The van der Waals surface area contributed by atoms with Crippen molar-refractivity contribution in [1.82, 2.24) is 14.8 Å². The largest absolute Gasteiger partial charge is 0.349 e. The molecule has 0 amide bonds. The molecule has 1 heterocycles. The fourth-order valence-electron chi connectivity index (χ4n) is 1.83. The Labute approximate surface area is 124 Å². The summed E-state index contributed by atoms with van der Waals surface area (Å²) in [5.41, 5.74) is 4.93. The molecule has 0 fully saturated rings. The Hall–Kier alpha value is -1.63. The summed E-state index contributed by atoms with van der Waals surface area (Å²) >= 11 is 12.3. The van der Waals surface area contributed by atoms with E-state index in [0.717, 1.165) is 10.9 Å². The van der Waals surface area contributed by atoms with Gasteiger partial charge in [0, 0.05) is 21.1 Å². The summed E-state index contributed by atoms with van der Waals surface area (Å²) in [6.45, 7) is 3.54. The smallest absolute Gasteiger partial charge is 0.322 e. The van der Waals surface area contributed by atoms with E-state index in [2.05, 4.69) is 10.1 Å². The van der Waals surface area contributed by atoms with E-state index in [1.54, 1.807) is 13.8 Å². The standard InChI is InChI=1S/C12H12Cl2N4O2/c1-12(2,15)10-7(13)3-6(4-8(10)14)18-11(20)17-9(19)5-16-18/h3-5H,15H2,1-2H3,(H,17,19,20). The number of nitrogens with one attached hydrogen (secondary N) is 1. The van der Waals surface area contributed by atoms with Gasteiger partial charge in [0.15, 0.2) is 0 Å². The number of nitrogens with zero attached hydrogens (tertiary/aromatic N) is 2. The Morgan fingerprint density at radius 2 is 1.80 bits per heavy atom. The van der Waals surface area contributed by atoms with Crippen LogP contribution in [-0.2, 0) is 5.54 Å². The normalized spacial score (nSPS) is 11.7. The molecule has 1 aromatic heterocycles. The van der Waals surface area contributed by atoms with Crippen LogP contribution in [-0.4, -0.2) is 14.8 Å². The number of hydrogen-bond acceptors (Lipinski definition) is 4. The Morgan fingerprint density at radius 1 is 1.25 bits per heavy atom. The molecule has 0 radical (unpaired) electrons. The number of halogens is 2. The van der Waals surface area contributed by atoms with Crippen LogP contribution in [0.25, 0.3) is 5.69 Å². The number of rotatable bonds is 2. The zero-order valence-electron chi connectivity index (χ0n) is 10.8. The van der Waals surface area contributed by atoms with Gasteiger partial charge in [-0.1, -0.05) is 23.2 Å². The first-order valence-corrected chi connectivity index (χ1v) is 6.43. The van der Waals surface area contributed by atoms with Gasteiger partial charge in [-0.3, -0.25) is 9.78 Å². The van der Waals surface area contributed by atoms with Gasteiger partial charge >= 0.3 is 5.69 Å². The zero-order chi connectivity index (χ0) is 15.1. The summed E-state index contributed by atoms with van der Waals surface area (Å²) in [5, 5.41) is 4.37. The van der Waals surface area contributed by atoms with Crippen LogP contribution < -0.4 is 17.0 Å². The molecule has 20 heavy (non-hydrogen) atoms. The lowest BCUT2D eigenvalue weighted by Crippen LogP contribution is -2.31. The van der Waals surface area contributed by atoms with Crippen LogP contribution in [0.1, 0.15) is 19.4 Å². The fraction of sp³-hybridized carbons (Fsp3) is 0.250. The maximum atomic E-state index is 11.7. The van der Waals surface area contributed by atoms with E-state index >= 15 is 0 Å². The lowest BCUT2D eigenvalue weighted by Gasteiger charge is -2.22. The Bertz CT molecular complexity index is 751. The van der Waals surface area contributed by atoms with Crippen molar-refractivity contribution in [2.75, 3.05) is 0 Å². The van der Waals surface area contributed by atoms with Crippen molar-refractivity contribution in [3.63, 3.8) is 0 Å². The van der Waals surface area contributed by atoms with Crippen molar-refractivity contribution >= 4 is 23.2 Å². The van der Waals surface area contributed by atoms with Crippen molar-refractivity contribution in [2.45, 2.75) is 19.4 Å². The highest BCUT2D eigenvalue weighted by Gasteiger charge is 2.22. The van der Waals surface area contributed by atoms with Crippen molar-refractivity contribution < 1.29 is 0 Å². The molecule has 1 aromatic carbocycles. The van der Waals surface area contributed by atoms with Gasteiger partial charge in [-0.2, -0.15) is 9.78 Å². The van der Waals surface area contributed by atoms with E-state index < -0.39 is 16.8 Å². The van der Waals surface area contributed by atoms with E-state index in [4.69, 9.17) is 28.9 Å². The molecule has 2 aromatic rings. The minimum absolute atomic E-state index is 0.319. The Balaban J connectivity index is 2.67. The molecule has 2 rings (SSSR count). The van der Waals surface area contributed by atoms with Crippen LogP contribution in [0.3, 0.4) is 0 Å². The molecule has 0 bridgehead atoms. The molecule has 3 N–H and O–H groups in total. The molecule has 0 saturated carbocycles. The first-order valence-electron chi connectivity index (χ1n) is 5.67.